The van der Waals surface area contributed by atoms with E-state index in [0.29, 0.717) is 5.92 Å². The smallest absolute Gasteiger partial charge is 0.0734 e. The third-order valence-corrected chi connectivity index (χ3v) is 3.78. The molecule has 2 heteroatoms. The van der Waals surface area contributed by atoms with E-state index in [0.717, 1.165) is 0 Å². The lowest BCUT2D eigenvalue weighted by Crippen LogP contribution is -2.03. The molecule has 0 aromatic heterocycles. The highest BCUT2D eigenvalue weighted by Gasteiger charge is 2.10. The molecular formula is C18H35N2+. The van der Waals surface area contributed by atoms with Crippen LogP contribution in [0.1, 0.15) is 90.9 Å². The van der Waals surface area contributed by atoms with E-state index < -0.39 is 0 Å². The van der Waals surface area contributed by atoms with Gasteiger partial charge in [-0.1, -0.05) is 84.6 Å². The van der Waals surface area contributed by atoms with Gasteiger partial charge >= 0.3 is 6.21 Å². The van der Waals surface area contributed by atoms with Crippen LogP contribution in [-0.4, -0.2) is 11.0 Å². The van der Waals surface area contributed by atoms with Gasteiger partial charge in [-0.15, -0.1) is 0 Å². The summed E-state index contributed by atoms with van der Waals surface area (Å²) in [6, 6.07) is 0. The van der Waals surface area contributed by atoms with Gasteiger partial charge in [-0.05, 0) is 12.8 Å². The zero-order chi connectivity index (χ0) is 14.9. The molecule has 0 spiro atoms. The largest absolute Gasteiger partial charge is 0.310 e. The molecule has 1 unspecified atom stereocenters. The third-order valence-electron chi connectivity index (χ3n) is 3.78. The molecule has 0 aliphatic heterocycles. The quantitative estimate of drug-likeness (QED) is 0.157. The fraction of sp³-hybridized carbons (Fsp3) is 0.833. The van der Waals surface area contributed by atoms with E-state index in [4.69, 9.17) is 0 Å². The fourth-order valence-electron chi connectivity index (χ4n) is 2.48. The molecule has 0 N–H and O–H groups in total. The Hall–Kier alpha value is -0.880. The van der Waals surface area contributed by atoms with Crippen LogP contribution >= 0.6 is 0 Å². The molecule has 1 atom stereocenters. The second-order valence-corrected chi connectivity index (χ2v) is 5.73. The first-order valence-corrected chi connectivity index (χ1v) is 8.69. The number of unbranched alkanes of at least 4 members (excludes halogenated alkanes) is 8. The monoisotopic (exact) mass is 279 g/mol. The highest BCUT2D eigenvalue weighted by atomic mass is 15.0. The first-order chi connectivity index (χ1) is 9.85. The minimum atomic E-state index is 0.610. The van der Waals surface area contributed by atoms with Crippen molar-refractivity contribution < 1.29 is 4.79 Å². The van der Waals surface area contributed by atoms with Crippen molar-refractivity contribution in [2.24, 2.45) is 11.0 Å². The van der Waals surface area contributed by atoms with E-state index in [-0.39, 0.29) is 0 Å². The molecule has 0 saturated heterocycles. The summed E-state index contributed by atoms with van der Waals surface area (Å²) in [6.45, 7) is 8.08. The fourth-order valence-corrected chi connectivity index (χ4v) is 2.48. The molecule has 0 radical (unpaired) electrons. The van der Waals surface area contributed by atoms with Crippen LogP contribution in [-0.2, 0) is 0 Å². The molecule has 0 aromatic carbocycles. The van der Waals surface area contributed by atoms with Crippen LogP contribution in [0.15, 0.2) is 17.9 Å². The number of hydrogen-bond donors (Lipinski definition) is 0. The number of rotatable bonds is 14. The Kier molecular flexibility index (Phi) is 15.5. The van der Waals surface area contributed by atoms with Crippen LogP contribution in [0.3, 0.4) is 0 Å². The van der Waals surface area contributed by atoms with Crippen molar-refractivity contribution in [1.82, 2.24) is 0 Å². The lowest BCUT2D eigenvalue weighted by Gasteiger charge is -2.06. The highest BCUT2D eigenvalue weighted by molar-refractivity contribution is 5.53. The molecule has 0 rings (SSSR count). The van der Waals surface area contributed by atoms with E-state index in [1.807, 2.05) is 6.21 Å². The minimum absolute atomic E-state index is 0.610. The summed E-state index contributed by atoms with van der Waals surface area (Å²) in [5, 5.41) is 3.84. The van der Waals surface area contributed by atoms with E-state index in [1.165, 1.54) is 83.2 Å². The maximum Gasteiger partial charge on any atom is 0.310 e. The van der Waals surface area contributed by atoms with Gasteiger partial charge in [0.1, 0.15) is 11.3 Å². The Morgan fingerprint density at radius 3 is 2.00 bits per heavy atom. The Morgan fingerprint density at radius 1 is 0.850 bits per heavy atom. The van der Waals surface area contributed by atoms with Crippen LogP contribution in [0.4, 0.5) is 0 Å². The Bertz CT molecular complexity index is 265. The number of nitrogens with zero attached hydrogens (tertiary/aromatic N) is 2. The molecule has 0 bridgehead atoms. The summed E-state index contributed by atoms with van der Waals surface area (Å²) >= 11 is 0. The van der Waals surface area contributed by atoms with Crippen molar-refractivity contribution in [3.05, 3.63) is 12.8 Å². The molecule has 0 fully saturated rings. The minimum Gasteiger partial charge on any atom is -0.0734 e. The van der Waals surface area contributed by atoms with Crippen molar-refractivity contribution in [1.29, 1.82) is 0 Å². The van der Waals surface area contributed by atoms with Crippen molar-refractivity contribution >= 4 is 6.21 Å². The average molecular weight is 279 g/mol. The van der Waals surface area contributed by atoms with Crippen LogP contribution < -0.4 is 0 Å². The van der Waals surface area contributed by atoms with Gasteiger partial charge in [0.2, 0.25) is 0 Å². The van der Waals surface area contributed by atoms with E-state index in [1.54, 1.807) is 0 Å². The van der Waals surface area contributed by atoms with Gasteiger partial charge in [0.05, 0.1) is 10.7 Å². The summed E-state index contributed by atoms with van der Waals surface area (Å²) in [5.41, 5.74) is 0. The maximum atomic E-state index is 4.07. The van der Waals surface area contributed by atoms with E-state index >= 15 is 0 Å². The normalized spacial score (nSPS) is 11.7. The predicted octanol–water partition coefficient (Wildman–Crippen LogP) is 6.20. The third kappa shape index (κ3) is 13.5. The molecule has 2 nitrogen and oxygen atoms in total. The summed E-state index contributed by atoms with van der Waals surface area (Å²) in [5.74, 6) is 0.610. The Labute approximate surface area is 126 Å². The maximum absolute atomic E-state index is 4.07. The van der Waals surface area contributed by atoms with Gasteiger partial charge in [0, 0.05) is 0 Å². The lowest BCUT2D eigenvalue weighted by molar-refractivity contribution is -0.0774. The second-order valence-electron chi connectivity index (χ2n) is 5.73. The summed E-state index contributed by atoms with van der Waals surface area (Å²) in [6.07, 6.45) is 19.7. The first kappa shape index (κ1) is 19.1. The summed E-state index contributed by atoms with van der Waals surface area (Å²) < 4.78 is 0. The molecule has 116 valence electrons. The first-order valence-electron chi connectivity index (χ1n) is 8.69. The molecule has 0 aromatic rings. The van der Waals surface area contributed by atoms with Gasteiger partial charge in [0.25, 0.3) is 0 Å². The van der Waals surface area contributed by atoms with E-state index in [9.17, 15) is 0 Å². The van der Waals surface area contributed by atoms with Crippen molar-refractivity contribution in [2.75, 3.05) is 0 Å². The van der Waals surface area contributed by atoms with Crippen LogP contribution in [0.2, 0.25) is 0 Å². The lowest BCUT2D eigenvalue weighted by atomic mass is 9.96. The van der Waals surface area contributed by atoms with Gasteiger partial charge in [0.15, 0.2) is 0 Å². The number of hydrogen-bond acceptors (Lipinski definition) is 1. The van der Waals surface area contributed by atoms with Crippen LogP contribution in [0.5, 0.6) is 0 Å². The molecular weight excluding hydrogens is 244 g/mol. The van der Waals surface area contributed by atoms with Gasteiger partial charge in [-0.2, -0.15) is 0 Å². The summed E-state index contributed by atoms with van der Waals surface area (Å²) in [7, 11) is 0. The molecule has 0 amide bonds. The van der Waals surface area contributed by atoms with E-state index in [2.05, 4.69) is 30.3 Å². The second kappa shape index (κ2) is 16.2. The molecule has 0 heterocycles. The van der Waals surface area contributed by atoms with Gasteiger partial charge in [-0.25, -0.2) is 0 Å². The molecule has 0 aliphatic rings. The topological polar surface area (TPSA) is 26.5 Å². The zero-order valence-corrected chi connectivity index (χ0v) is 13.8. The van der Waals surface area contributed by atoms with Crippen molar-refractivity contribution in [3.63, 3.8) is 0 Å². The van der Waals surface area contributed by atoms with Crippen molar-refractivity contribution in [3.8, 4) is 0 Å². The molecule has 0 saturated carbocycles. The zero-order valence-electron chi connectivity index (χ0n) is 13.8. The van der Waals surface area contributed by atoms with Crippen molar-refractivity contribution in [2.45, 2.75) is 90.9 Å². The predicted molar refractivity (Wildman–Crippen MR) is 89.2 cm³/mol. The molecule has 20 heavy (non-hydrogen) atoms. The van der Waals surface area contributed by atoms with Crippen LogP contribution in [0.25, 0.3) is 0 Å². The Balaban J connectivity index is 3.67. The highest BCUT2D eigenvalue weighted by Crippen LogP contribution is 2.16. The van der Waals surface area contributed by atoms with Crippen LogP contribution in [0, 0.1) is 5.92 Å². The average Bonchev–Trinajstić information content (AvgIpc) is 2.47. The molecule has 0 aliphatic carbocycles. The van der Waals surface area contributed by atoms with Gasteiger partial charge < -0.3 is 0 Å². The SMILES string of the molecule is C=CN=[N+]=CC(CCCC)CCCCCCCCCC. The Morgan fingerprint density at radius 2 is 1.40 bits per heavy atom. The summed E-state index contributed by atoms with van der Waals surface area (Å²) in [4.78, 5) is 4.07. The van der Waals surface area contributed by atoms with Gasteiger partial charge in [-0.3, -0.25) is 0 Å². The standard InChI is InChI=1S/C18H35N2/c1-4-7-9-10-11-12-13-14-16-18(15-8-5-2)17-20-19-6-3/h6,17-18H,3-5,7-16H2,1-2H3/q+1.